The summed E-state index contributed by atoms with van der Waals surface area (Å²) in [6.45, 7) is 0.463. The molecule has 1 aliphatic heterocycles. The van der Waals surface area contributed by atoms with Crippen LogP contribution in [0.25, 0.3) is 0 Å². The maximum atomic E-state index is 13.0. The van der Waals surface area contributed by atoms with E-state index in [0.717, 1.165) is 30.9 Å². The fourth-order valence-electron chi connectivity index (χ4n) is 4.14. The van der Waals surface area contributed by atoms with Crippen LogP contribution in [0.2, 0.25) is 0 Å². The first-order chi connectivity index (χ1) is 15.6. The van der Waals surface area contributed by atoms with Gasteiger partial charge in [0.15, 0.2) is 5.75 Å². The number of benzene rings is 2. The van der Waals surface area contributed by atoms with E-state index in [2.05, 4.69) is 10.1 Å². The highest BCUT2D eigenvalue weighted by molar-refractivity contribution is 7.89. The van der Waals surface area contributed by atoms with Crippen molar-refractivity contribution in [1.82, 2.24) is 9.21 Å². The van der Waals surface area contributed by atoms with Gasteiger partial charge in [-0.3, -0.25) is 4.79 Å². The molecule has 0 atom stereocenters. The minimum absolute atomic E-state index is 0.0426. The summed E-state index contributed by atoms with van der Waals surface area (Å²) < 4.78 is 69.1. The van der Waals surface area contributed by atoms with Crippen LogP contribution in [0.3, 0.4) is 0 Å². The number of ether oxygens (including phenoxy) is 1. The number of halogens is 3. The van der Waals surface area contributed by atoms with Crippen LogP contribution < -0.4 is 10.1 Å². The summed E-state index contributed by atoms with van der Waals surface area (Å²) in [6.07, 6.45) is -1.97. The van der Waals surface area contributed by atoms with Crippen LogP contribution in [0.15, 0.2) is 47.4 Å². The number of sulfonamides is 1. The van der Waals surface area contributed by atoms with Gasteiger partial charge in [-0.2, -0.15) is 4.31 Å². The van der Waals surface area contributed by atoms with E-state index in [1.54, 1.807) is 12.1 Å². The zero-order chi connectivity index (χ0) is 23.6. The lowest BCUT2D eigenvalue weighted by Crippen LogP contribution is -2.51. The zero-order valence-corrected chi connectivity index (χ0v) is 18.6. The third-order valence-electron chi connectivity index (χ3n) is 5.84. The summed E-state index contributed by atoms with van der Waals surface area (Å²) in [5.41, 5.74) is 2.31. The molecular formula is C22H24F3N3O4S. The second-order valence-corrected chi connectivity index (χ2v) is 9.90. The number of carbonyl (C=O) groups excluding carboxylic acids is 1. The molecule has 2 aliphatic rings. The van der Waals surface area contributed by atoms with Crippen LogP contribution in [0, 0.1) is 0 Å². The Bertz CT molecular complexity index is 1130. The summed E-state index contributed by atoms with van der Waals surface area (Å²) in [7, 11) is -3.65. The number of alkyl halides is 3. The van der Waals surface area contributed by atoms with Crippen LogP contribution in [0.5, 0.6) is 5.75 Å². The number of anilines is 1. The number of rotatable bonds is 6. The van der Waals surface area contributed by atoms with E-state index in [1.807, 2.05) is 6.07 Å². The minimum Gasteiger partial charge on any atom is -0.404 e. The van der Waals surface area contributed by atoms with Crippen molar-refractivity contribution in [2.75, 3.05) is 38.0 Å². The van der Waals surface area contributed by atoms with Crippen LogP contribution in [-0.4, -0.2) is 62.6 Å². The van der Waals surface area contributed by atoms with Gasteiger partial charge in [0.05, 0.1) is 17.1 Å². The molecule has 178 valence electrons. The van der Waals surface area contributed by atoms with Crippen LogP contribution in [0.4, 0.5) is 18.9 Å². The van der Waals surface area contributed by atoms with Gasteiger partial charge in [-0.05, 0) is 54.7 Å². The van der Waals surface area contributed by atoms with E-state index in [0.29, 0.717) is 0 Å². The molecule has 1 N–H and O–H groups in total. The molecule has 11 heteroatoms. The van der Waals surface area contributed by atoms with Gasteiger partial charge in [0.25, 0.3) is 0 Å². The number of hydrogen-bond acceptors (Lipinski definition) is 5. The van der Waals surface area contributed by atoms with Crippen LogP contribution >= 0.6 is 0 Å². The Balaban J connectivity index is 1.33. The van der Waals surface area contributed by atoms with Gasteiger partial charge >= 0.3 is 6.36 Å². The van der Waals surface area contributed by atoms with Gasteiger partial charge in [-0.15, -0.1) is 13.2 Å². The molecule has 0 unspecified atom stereocenters. The van der Waals surface area contributed by atoms with E-state index in [4.69, 9.17) is 0 Å². The predicted molar refractivity (Wildman–Crippen MR) is 115 cm³/mol. The lowest BCUT2D eigenvalue weighted by Gasteiger charge is -2.34. The molecule has 0 bridgehead atoms. The number of nitrogens with zero attached hydrogens (tertiary/aromatic N) is 2. The normalized spacial score (nSPS) is 17.0. The van der Waals surface area contributed by atoms with Gasteiger partial charge in [-0.1, -0.05) is 18.2 Å². The maximum absolute atomic E-state index is 13.0. The standard InChI is InChI=1S/C22H24F3N3O4S/c23-22(24,25)32-20-7-2-1-6-19(20)26-15-21(29)27-10-12-28(13-11-27)33(30,31)18-9-8-16-4-3-5-17(16)14-18/h1-2,6-9,14,26H,3-5,10-13,15H2. The summed E-state index contributed by atoms with van der Waals surface area (Å²) in [6, 6.07) is 10.7. The summed E-state index contributed by atoms with van der Waals surface area (Å²) in [5.74, 6) is -0.769. The molecule has 4 rings (SSSR count). The molecule has 1 heterocycles. The highest BCUT2D eigenvalue weighted by atomic mass is 32.2. The first kappa shape index (κ1) is 23.4. The Morgan fingerprint density at radius 2 is 1.70 bits per heavy atom. The number of hydrogen-bond donors (Lipinski definition) is 1. The zero-order valence-electron chi connectivity index (χ0n) is 17.8. The van der Waals surface area contributed by atoms with Gasteiger partial charge in [-0.25, -0.2) is 8.42 Å². The van der Waals surface area contributed by atoms with E-state index in [1.165, 1.54) is 33.0 Å². The molecule has 0 spiro atoms. The quantitative estimate of drug-likeness (QED) is 0.684. The van der Waals surface area contributed by atoms with Crippen molar-refractivity contribution in [3.05, 3.63) is 53.6 Å². The average molecular weight is 484 g/mol. The number of amides is 1. The first-order valence-electron chi connectivity index (χ1n) is 10.6. The van der Waals surface area contributed by atoms with E-state index in [-0.39, 0.29) is 49.2 Å². The van der Waals surface area contributed by atoms with Gasteiger partial charge in [0.1, 0.15) is 0 Å². The van der Waals surface area contributed by atoms with Gasteiger partial charge < -0.3 is 15.0 Å². The van der Waals surface area contributed by atoms with Crippen molar-refractivity contribution in [3.63, 3.8) is 0 Å². The SMILES string of the molecule is O=C(CNc1ccccc1OC(F)(F)F)N1CCN(S(=O)(=O)c2ccc3c(c2)CCC3)CC1. The first-order valence-corrected chi connectivity index (χ1v) is 12.1. The van der Waals surface area contributed by atoms with Crippen molar-refractivity contribution in [2.24, 2.45) is 0 Å². The lowest BCUT2D eigenvalue weighted by molar-refractivity contribution is -0.274. The molecular weight excluding hydrogens is 459 g/mol. The predicted octanol–water partition coefficient (Wildman–Crippen LogP) is 3.02. The van der Waals surface area contributed by atoms with Crippen molar-refractivity contribution in [1.29, 1.82) is 0 Å². The van der Waals surface area contributed by atoms with Crippen molar-refractivity contribution < 1.29 is 31.1 Å². The van der Waals surface area contributed by atoms with Crippen LogP contribution in [-0.2, 0) is 27.7 Å². The minimum atomic E-state index is -4.84. The Kier molecular flexibility index (Phi) is 6.53. The topological polar surface area (TPSA) is 79.0 Å². The molecule has 0 radical (unpaired) electrons. The second-order valence-electron chi connectivity index (χ2n) is 7.97. The summed E-state index contributed by atoms with van der Waals surface area (Å²) in [4.78, 5) is 14.3. The molecule has 7 nitrogen and oxygen atoms in total. The molecule has 0 aromatic heterocycles. The van der Waals surface area contributed by atoms with Gasteiger partial charge in [0, 0.05) is 26.2 Å². The van der Waals surface area contributed by atoms with E-state index < -0.39 is 22.1 Å². The molecule has 1 amide bonds. The maximum Gasteiger partial charge on any atom is 0.573 e. The van der Waals surface area contributed by atoms with Gasteiger partial charge in [0.2, 0.25) is 15.9 Å². The highest BCUT2D eigenvalue weighted by Crippen LogP contribution is 2.30. The van der Waals surface area contributed by atoms with Crippen molar-refractivity contribution >= 4 is 21.6 Å². The largest absolute Gasteiger partial charge is 0.573 e. The van der Waals surface area contributed by atoms with Crippen molar-refractivity contribution in [2.45, 2.75) is 30.5 Å². The Labute approximate surface area is 190 Å². The average Bonchev–Trinajstić information content (AvgIpc) is 3.25. The monoisotopic (exact) mass is 483 g/mol. The van der Waals surface area contributed by atoms with Crippen LogP contribution in [0.1, 0.15) is 17.5 Å². The molecule has 1 fully saturated rings. The summed E-state index contributed by atoms with van der Waals surface area (Å²) >= 11 is 0. The lowest BCUT2D eigenvalue weighted by atomic mass is 10.1. The van der Waals surface area contributed by atoms with E-state index >= 15 is 0 Å². The fourth-order valence-corrected chi connectivity index (χ4v) is 5.62. The molecule has 2 aromatic carbocycles. The molecule has 0 saturated carbocycles. The summed E-state index contributed by atoms with van der Waals surface area (Å²) in [5, 5.41) is 2.68. The highest BCUT2D eigenvalue weighted by Gasteiger charge is 2.33. The second kappa shape index (κ2) is 9.22. The Morgan fingerprint density at radius 1 is 1.00 bits per heavy atom. The Hall–Kier alpha value is -2.79. The molecule has 1 aliphatic carbocycles. The number of carbonyl (C=O) groups is 1. The number of aryl methyl sites for hydroxylation is 2. The number of piperazine rings is 1. The fraction of sp³-hybridized carbons (Fsp3) is 0.409. The third-order valence-corrected chi connectivity index (χ3v) is 7.74. The van der Waals surface area contributed by atoms with Crippen molar-refractivity contribution in [3.8, 4) is 5.75 Å². The van der Waals surface area contributed by atoms with E-state index in [9.17, 15) is 26.4 Å². The molecule has 2 aromatic rings. The Morgan fingerprint density at radius 3 is 2.42 bits per heavy atom. The molecule has 1 saturated heterocycles. The molecule has 33 heavy (non-hydrogen) atoms. The number of para-hydroxylation sites is 2. The smallest absolute Gasteiger partial charge is 0.404 e. The number of nitrogens with one attached hydrogen (secondary N) is 1. The third kappa shape index (κ3) is 5.41. The number of fused-ring (bicyclic) bond motifs is 1.